The zero-order valence-corrected chi connectivity index (χ0v) is 24.8. The summed E-state index contributed by atoms with van der Waals surface area (Å²) in [6.07, 6.45) is 8.68. The predicted molar refractivity (Wildman–Crippen MR) is 163 cm³/mol. The van der Waals surface area contributed by atoms with Crippen LogP contribution in [-0.2, 0) is 6.42 Å². The van der Waals surface area contributed by atoms with E-state index in [9.17, 15) is 4.79 Å². The number of ether oxygens (including phenoxy) is 1. The van der Waals surface area contributed by atoms with Crippen molar-refractivity contribution in [3.8, 4) is 5.75 Å². The number of rotatable bonds is 19. The average molecular weight is 559 g/mol. The summed E-state index contributed by atoms with van der Waals surface area (Å²) in [6, 6.07) is 13.4. The zero-order chi connectivity index (χ0) is 27.2. The van der Waals surface area contributed by atoms with Gasteiger partial charge in [-0.1, -0.05) is 40.0 Å². The standard InChI is InChI=1S/C31H43ClN2O3S/c1-4-7-11-29-30(27-22-25(33-38-23-32)14-17-28(27)37-29)31(35)24-12-15-26(16-13-24)36-21-10-20-34(18-8-5-2)19-9-6-3/h12-17,22,33H,4-11,18-21,23H2,1-3H3. The molecule has 208 valence electrons. The molecule has 0 amide bonds. The van der Waals surface area contributed by atoms with Crippen molar-refractivity contribution in [1.29, 1.82) is 0 Å². The fourth-order valence-corrected chi connectivity index (χ4v) is 5.02. The van der Waals surface area contributed by atoms with E-state index in [2.05, 4.69) is 30.4 Å². The number of aryl methyl sites for hydroxylation is 1. The van der Waals surface area contributed by atoms with Gasteiger partial charge in [-0.2, -0.15) is 0 Å². The van der Waals surface area contributed by atoms with E-state index in [-0.39, 0.29) is 5.78 Å². The minimum Gasteiger partial charge on any atom is -0.494 e. The van der Waals surface area contributed by atoms with Crippen LogP contribution in [-0.4, -0.2) is 42.1 Å². The molecule has 2 aromatic carbocycles. The van der Waals surface area contributed by atoms with Gasteiger partial charge in [0, 0.05) is 29.6 Å². The minimum absolute atomic E-state index is 0.0222. The highest BCUT2D eigenvalue weighted by atomic mass is 35.5. The van der Waals surface area contributed by atoms with Crippen molar-refractivity contribution in [3.63, 3.8) is 0 Å². The maximum atomic E-state index is 13.7. The fourth-order valence-electron chi connectivity index (χ4n) is 4.51. The molecular formula is C31H43ClN2O3S. The lowest BCUT2D eigenvalue weighted by Crippen LogP contribution is -2.28. The van der Waals surface area contributed by atoms with Crippen LogP contribution in [0.1, 0.15) is 87.4 Å². The molecule has 0 atom stereocenters. The van der Waals surface area contributed by atoms with Gasteiger partial charge in [0.1, 0.15) is 17.1 Å². The highest BCUT2D eigenvalue weighted by Gasteiger charge is 2.22. The zero-order valence-electron chi connectivity index (χ0n) is 23.2. The Kier molecular flexibility index (Phi) is 13.4. The van der Waals surface area contributed by atoms with E-state index in [1.807, 2.05) is 42.5 Å². The van der Waals surface area contributed by atoms with Crippen LogP contribution in [0, 0.1) is 0 Å². The Morgan fingerprint density at radius 2 is 1.63 bits per heavy atom. The minimum atomic E-state index is -0.0222. The first-order valence-electron chi connectivity index (χ1n) is 14.1. The number of carbonyl (C=O) groups excluding carboxylic acids is 1. The smallest absolute Gasteiger partial charge is 0.197 e. The Balaban J connectivity index is 1.67. The van der Waals surface area contributed by atoms with Crippen molar-refractivity contribution in [2.75, 3.05) is 36.2 Å². The van der Waals surface area contributed by atoms with Crippen LogP contribution in [0.5, 0.6) is 5.75 Å². The molecule has 7 heteroatoms. The van der Waals surface area contributed by atoms with E-state index < -0.39 is 0 Å². The summed E-state index contributed by atoms with van der Waals surface area (Å²) < 4.78 is 15.4. The van der Waals surface area contributed by atoms with Crippen molar-refractivity contribution in [3.05, 3.63) is 59.4 Å². The topological polar surface area (TPSA) is 54.7 Å². The van der Waals surface area contributed by atoms with E-state index in [0.29, 0.717) is 22.9 Å². The van der Waals surface area contributed by atoms with Gasteiger partial charge in [-0.25, -0.2) is 0 Å². The van der Waals surface area contributed by atoms with Gasteiger partial charge >= 0.3 is 0 Å². The van der Waals surface area contributed by atoms with E-state index in [1.165, 1.54) is 50.7 Å². The number of hydrogen-bond acceptors (Lipinski definition) is 6. The van der Waals surface area contributed by atoms with Crippen LogP contribution in [0.15, 0.2) is 46.9 Å². The molecule has 0 saturated carbocycles. The van der Waals surface area contributed by atoms with Gasteiger partial charge in [0.15, 0.2) is 5.78 Å². The molecule has 1 aromatic heterocycles. The summed E-state index contributed by atoms with van der Waals surface area (Å²) in [4.78, 5) is 16.3. The molecule has 5 nitrogen and oxygen atoms in total. The summed E-state index contributed by atoms with van der Waals surface area (Å²) in [5.41, 5.74) is 2.91. The number of halogens is 1. The lowest BCUT2D eigenvalue weighted by atomic mass is 9.98. The van der Waals surface area contributed by atoms with E-state index in [4.69, 9.17) is 20.8 Å². The van der Waals surface area contributed by atoms with Gasteiger partial charge in [0.05, 0.1) is 17.4 Å². The Bertz CT molecular complexity index is 1110. The Hall–Kier alpha value is -2.15. The highest BCUT2D eigenvalue weighted by Crippen LogP contribution is 2.32. The van der Waals surface area contributed by atoms with Crippen molar-refractivity contribution in [2.45, 2.75) is 72.1 Å². The van der Waals surface area contributed by atoms with Gasteiger partial charge in [-0.3, -0.25) is 4.79 Å². The fraction of sp³-hybridized carbons (Fsp3) is 0.516. The summed E-state index contributed by atoms with van der Waals surface area (Å²) >= 11 is 7.21. The van der Waals surface area contributed by atoms with Crippen molar-refractivity contribution >= 4 is 46.0 Å². The Labute approximate surface area is 237 Å². The second-order valence-corrected chi connectivity index (χ2v) is 11.0. The third-order valence-corrected chi connectivity index (χ3v) is 7.47. The van der Waals surface area contributed by atoms with Crippen molar-refractivity contribution in [2.24, 2.45) is 0 Å². The van der Waals surface area contributed by atoms with Crippen LogP contribution in [0.3, 0.4) is 0 Å². The maximum absolute atomic E-state index is 13.7. The van der Waals surface area contributed by atoms with Gasteiger partial charge < -0.3 is 18.8 Å². The third kappa shape index (κ3) is 8.96. The molecule has 0 saturated heterocycles. The molecular weight excluding hydrogens is 516 g/mol. The molecule has 3 aromatic rings. The number of furan rings is 1. The van der Waals surface area contributed by atoms with Crippen molar-refractivity contribution in [1.82, 2.24) is 4.90 Å². The normalized spacial score (nSPS) is 11.4. The van der Waals surface area contributed by atoms with E-state index in [0.717, 1.165) is 60.4 Å². The quantitative estimate of drug-likeness (QED) is 0.0685. The Morgan fingerprint density at radius 1 is 0.947 bits per heavy atom. The molecule has 0 spiro atoms. The Morgan fingerprint density at radius 3 is 2.29 bits per heavy atom. The number of hydrogen-bond donors (Lipinski definition) is 1. The number of unbranched alkanes of at least 4 members (excludes halogenated alkanes) is 3. The molecule has 0 fully saturated rings. The number of nitrogens with zero attached hydrogens (tertiary/aromatic N) is 1. The molecule has 1 N–H and O–H groups in total. The van der Waals surface area contributed by atoms with Gasteiger partial charge in [0.2, 0.25) is 0 Å². The average Bonchev–Trinajstić information content (AvgIpc) is 3.31. The summed E-state index contributed by atoms with van der Waals surface area (Å²) in [5, 5.41) is 1.26. The molecule has 0 aliphatic rings. The second-order valence-electron chi connectivity index (χ2n) is 9.67. The van der Waals surface area contributed by atoms with Crippen LogP contribution in [0.25, 0.3) is 11.0 Å². The molecule has 1 heterocycles. The molecule has 0 unspecified atom stereocenters. The summed E-state index contributed by atoms with van der Waals surface area (Å²) in [7, 11) is 0. The highest BCUT2D eigenvalue weighted by molar-refractivity contribution is 8.01. The molecule has 0 aliphatic carbocycles. The summed E-state index contributed by atoms with van der Waals surface area (Å²) in [5.74, 6) is 1.53. The first-order chi connectivity index (χ1) is 18.6. The van der Waals surface area contributed by atoms with E-state index >= 15 is 0 Å². The SMILES string of the molecule is CCCCc1oc2ccc(NSCCl)cc2c1C(=O)c1ccc(OCCCN(CCCC)CCCC)cc1. The van der Waals surface area contributed by atoms with Crippen LogP contribution < -0.4 is 9.46 Å². The lowest BCUT2D eigenvalue weighted by molar-refractivity contribution is 0.103. The number of alkyl halides is 1. The van der Waals surface area contributed by atoms with Crippen LogP contribution >= 0.6 is 23.5 Å². The van der Waals surface area contributed by atoms with Crippen LogP contribution in [0.4, 0.5) is 5.69 Å². The molecule has 38 heavy (non-hydrogen) atoms. The van der Waals surface area contributed by atoms with Gasteiger partial charge in [0.25, 0.3) is 0 Å². The summed E-state index contributed by atoms with van der Waals surface area (Å²) in [6.45, 7) is 10.7. The van der Waals surface area contributed by atoms with Gasteiger partial charge in [-0.05, 0) is 93.2 Å². The van der Waals surface area contributed by atoms with E-state index in [1.54, 1.807) is 0 Å². The number of ketones is 1. The monoisotopic (exact) mass is 558 g/mol. The lowest BCUT2D eigenvalue weighted by Gasteiger charge is -2.21. The number of nitrogens with one attached hydrogen (secondary N) is 1. The van der Waals surface area contributed by atoms with Crippen LogP contribution in [0.2, 0.25) is 0 Å². The van der Waals surface area contributed by atoms with Crippen molar-refractivity contribution < 1.29 is 13.9 Å². The first kappa shape index (κ1) is 30.4. The first-order valence-corrected chi connectivity index (χ1v) is 15.6. The third-order valence-electron chi connectivity index (χ3n) is 6.65. The van der Waals surface area contributed by atoms with Gasteiger partial charge in [-0.15, -0.1) is 11.6 Å². The number of anilines is 1. The molecule has 0 bridgehead atoms. The number of benzene rings is 2. The molecule has 3 rings (SSSR count). The predicted octanol–water partition coefficient (Wildman–Crippen LogP) is 8.93. The maximum Gasteiger partial charge on any atom is 0.197 e. The molecule has 0 aliphatic heterocycles. The largest absolute Gasteiger partial charge is 0.494 e. The number of carbonyl (C=O) groups is 1. The second kappa shape index (κ2) is 16.7. The number of fused-ring (bicyclic) bond motifs is 1. The molecule has 0 radical (unpaired) electrons.